The van der Waals surface area contributed by atoms with E-state index in [2.05, 4.69) is 78.8 Å². The highest BCUT2D eigenvalue weighted by Gasteiger charge is 2.17. The van der Waals surface area contributed by atoms with Gasteiger partial charge in [0.05, 0.1) is 0 Å². The maximum absolute atomic E-state index is 5.67. The summed E-state index contributed by atoms with van der Waals surface area (Å²) >= 11 is 0. The lowest BCUT2D eigenvalue weighted by Gasteiger charge is -2.35. The second kappa shape index (κ2) is 12.5. The Morgan fingerprint density at radius 3 is 2.00 bits per heavy atom. The molecule has 0 unspecified atom stereocenters. The van der Waals surface area contributed by atoms with Crippen molar-refractivity contribution in [2.24, 2.45) is 5.73 Å². The molecule has 0 atom stereocenters. The number of piperazine rings is 1. The lowest BCUT2D eigenvalue weighted by atomic mass is 9.99. The number of rotatable bonds is 11. The van der Waals surface area contributed by atoms with Crippen LogP contribution < -0.4 is 5.73 Å². The summed E-state index contributed by atoms with van der Waals surface area (Å²) in [7, 11) is 0. The van der Waals surface area contributed by atoms with Crippen molar-refractivity contribution in [2.75, 3.05) is 52.4 Å². The molecule has 1 heterocycles. The zero-order valence-corrected chi connectivity index (χ0v) is 20.9. The first-order valence-corrected chi connectivity index (χ1v) is 12.4. The maximum atomic E-state index is 5.67. The van der Waals surface area contributed by atoms with E-state index in [-0.39, 0.29) is 0 Å². The number of nitrogens with two attached hydrogens (primary N) is 1. The number of hydrogen-bond acceptors (Lipinski definition) is 4. The third-order valence-corrected chi connectivity index (χ3v) is 6.80. The minimum Gasteiger partial charge on any atom is -0.330 e. The Bertz CT molecular complexity index is 816. The number of nitrogens with zero attached hydrogens (tertiary/aromatic N) is 3. The van der Waals surface area contributed by atoms with Gasteiger partial charge >= 0.3 is 0 Å². The van der Waals surface area contributed by atoms with Crippen molar-refractivity contribution in [3.8, 4) is 0 Å². The van der Waals surface area contributed by atoms with Gasteiger partial charge in [-0.05, 0) is 82.4 Å². The van der Waals surface area contributed by atoms with Crippen molar-refractivity contribution in [3.05, 3.63) is 69.8 Å². The molecule has 1 aliphatic rings. The summed E-state index contributed by atoms with van der Waals surface area (Å²) in [6.45, 7) is 20.0. The van der Waals surface area contributed by atoms with Crippen LogP contribution in [0.15, 0.2) is 36.4 Å². The van der Waals surface area contributed by atoms with Gasteiger partial charge in [0, 0.05) is 45.8 Å². The maximum Gasteiger partial charge on any atom is 0.0242 e. The summed E-state index contributed by atoms with van der Waals surface area (Å²) in [6.07, 6.45) is 2.34. The Labute approximate surface area is 196 Å². The van der Waals surface area contributed by atoms with Crippen LogP contribution in [-0.4, -0.2) is 67.1 Å². The Kier molecular flexibility index (Phi) is 9.73. The number of aryl methyl sites for hydroxylation is 4. The molecule has 2 N–H and O–H groups in total. The second-order valence-corrected chi connectivity index (χ2v) is 9.76. The Morgan fingerprint density at radius 1 is 0.781 bits per heavy atom. The number of benzene rings is 2. The van der Waals surface area contributed by atoms with Gasteiger partial charge in [-0.25, -0.2) is 0 Å². The van der Waals surface area contributed by atoms with E-state index < -0.39 is 0 Å². The van der Waals surface area contributed by atoms with Gasteiger partial charge in [-0.1, -0.05) is 47.5 Å². The smallest absolute Gasteiger partial charge is 0.0242 e. The molecule has 4 heteroatoms. The summed E-state index contributed by atoms with van der Waals surface area (Å²) in [6, 6.07) is 13.6. The molecule has 1 saturated heterocycles. The van der Waals surface area contributed by atoms with Crippen LogP contribution in [0.2, 0.25) is 0 Å². The molecule has 0 spiro atoms. The Balaban J connectivity index is 1.58. The lowest BCUT2D eigenvalue weighted by molar-refractivity contribution is 0.125. The van der Waals surface area contributed by atoms with Crippen molar-refractivity contribution >= 4 is 0 Å². The summed E-state index contributed by atoms with van der Waals surface area (Å²) in [5.74, 6) is 0. The molecule has 4 nitrogen and oxygen atoms in total. The van der Waals surface area contributed by atoms with Gasteiger partial charge in [0.25, 0.3) is 0 Å². The third-order valence-electron chi connectivity index (χ3n) is 6.80. The Morgan fingerprint density at radius 2 is 1.41 bits per heavy atom. The molecule has 32 heavy (non-hydrogen) atoms. The topological polar surface area (TPSA) is 35.7 Å². The van der Waals surface area contributed by atoms with Crippen LogP contribution in [0.5, 0.6) is 0 Å². The van der Waals surface area contributed by atoms with E-state index in [1.54, 1.807) is 0 Å². The highest BCUT2D eigenvalue weighted by atomic mass is 15.3. The van der Waals surface area contributed by atoms with Crippen molar-refractivity contribution in [3.63, 3.8) is 0 Å². The van der Waals surface area contributed by atoms with E-state index in [1.165, 1.54) is 72.5 Å². The average molecular weight is 437 g/mol. The monoisotopic (exact) mass is 436 g/mol. The molecule has 1 aliphatic heterocycles. The van der Waals surface area contributed by atoms with Crippen molar-refractivity contribution in [2.45, 2.75) is 53.6 Å². The predicted molar refractivity (Wildman–Crippen MR) is 137 cm³/mol. The molecule has 0 aliphatic carbocycles. The molecule has 176 valence electrons. The fraction of sp³-hybridized carbons (Fsp3) is 0.571. The van der Waals surface area contributed by atoms with Crippen LogP contribution in [-0.2, 0) is 13.1 Å². The van der Waals surface area contributed by atoms with Gasteiger partial charge < -0.3 is 15.5 Å². The first kappa shape index (κ1) is 24.9. The van der Waals surface area contributed by atoms with Crippen LogP contribution >= 0.6 is 0 Å². The van der Waals surface area contributed by atoms with Crippen LogP contribution in [0.4, 0.5) is 0 Å². The molecule has 0 amide bonds. The average Bonchev–Trinajstić information content (AvgIpc) is 2.75. The SMILES string of the molecule is Cc1cccc(CN(CCCN2CCN(CCCN)CC2)Cc2c(C)cc(C)cc2C)c1. The molecule has 2 aromatic rings. The molecular weight excluding hydrogens is 392 g/mol. The third kappa shape index (κ3) is 7.70. The fourth-order valence-electron chi connectivity index (χ4n) is 5.03. The fourth-order valence-corrected chi connectivity index (χ4v) is 5.03. The van der Waals surface area contributed by atoms with Crippen LogP contribution in [0.3, 0.4) is 0 Å². The van der Waals surface area contributed by atoms with Crippen LogP contribution in [0.1, 0.15) is 46.2 Å². The molecule has 0 aromatic heterocycles. The molecule has 0 saturated carbocycles. The summed E-state index contributed by atoms with van der Waals surface area (Å²) in [4.78, 5) is 7.86. The van der Waals surface area contributed by atoms with Crippen LogP contribution in [0.25, 0.3) is 0 Å². The van der Waals surface area contributed by atoms with Gasteiger partial charge in [0.15, 0.2) is 0 Å². The van der Waals surface area contributed by atoms with Gasteiger partial charge in [0.2, 0.25) is 0 Å². The zero-order valence-electron chi connectivity index (χ0n) is 20.9. The zero-order chi connectivity index (χ0) is 22.9. The Hall–Kier alpha value is -1.72. The molecule has 0 bridgehead atoms. The molecule has 1 fully saturated rings. The van der Waals surface area contributed by atoms with Crippen molar-refractivity contribution in [1.29, 1.82) is 0 Å². The standard InChI is InChI=1S/C28H44N4/c1-23-8-5-9-27(20-23)21-32(22-28-25(3)18-24(2)19-26(28)4)13-7-12-31-16-14-30(15-17-31)11-6-10-29/h5,8-9,18-20H,6-7,10-17,21-22,29H2,1-4H3. The number of hydrogen-bond donors (Lipinski definition) is 1. The second-order valence-electron chi connectivity index (χ2n) is 9.76. The minimum absolute atomic E-state index is 0.802. The van der Waals surface area contributed by atoms with Crippen molar-refractivity contribution < 1.29 is 0 Å². The van der Waals surface area contributed by atoms with Crippen molar-refractivity contribution in [1.82, 2.24) is 14.7 Å². The van der Waals surface area contributed by atoms with Gasteiger partial charge in [-0.15, -0.1) is 0 Å². The van der Waals surface area contributed by atoms with E-state index in [0.29, 0.717) is 0 Å². The van der Waals surface area contributed by atoms with E-state index in [0.717, 1.165) is 39.1 Å². The van der Waals surface area contributed by atoms with E-state index in [9.17, 15) is 0 Å². The first-order chi connectivity index (χ1) is 15.4. The molecule has 3 rings (SSSR count). The summed E-state index contributed by atoms with van der Waals surface area (Å²) < 4.78 is 0. The van der Waals surface area contributed by atoms with E-state index >= 15 is 0 Å². The molecular formula is C28H44N4. The predicted octanol–water partition coefficient (Wildman–Crippen LogP) is 4.28. The quantitative estimate of drug-likeness (QED) is 0.570. The highest BCUT2D eigenvalue weighted by molar-refractivity contribution is 5.37. The molecule has 2 aromatic carbocycles. The minimum atomic E-state index is 0.802. The van der Waals surface area contributed by atoms with Gasteiger partial charge in [-0.2, -0.15) is 0 Å². The largest absolute Gasteiger partial charge is 0.330 e. The van der Waals surface area contributed by atoms with E-state index in [1.807, 2.05) is 0 Å². The van der Waals surface area contributed by atoms with Crippen LogP contribution in [0, 0.1) is 27.7 Å². The normalized spacial score (nSPS) is 15.6. The summed E-state index contributed by atoms with van der Waals surface area (Å²) in [5.41, 5.74) is 14.1. The van der Waals surface area contributed by atoms with E-state index in [4.69, 9.17) is 5.73 Å². The summed E-state index contributed by atoms with van der Waals surface area (Å²) in [5, 5.41) is 0. The van der Waals surface area contributed by atoms with Gasteiger partial charge in [-0.3, -0.25) is 4.90 Å². The lowest BCUT2D eigenvalue weighted by Crippen LogP contribution is -2.47. The van der Waals surface area contributed by atoms with Gasteiger partial charge in [0.1, 0.15) is 0 Å². The first-order valence-electron chi connectivity index (χ1n) is 12.4. The molecule has 0 radical (unpaired) electrons. The highest BCUT2D eigenvalue weighted by Crippen LogP contribution is 2.20.